The van der Waals surface area contributed by atoms with Crippen LogP contribution < -0.4 is 11.1 Å². The molecule has 0 aromatic rings. The average Bonchev–Trinajstić information content (AvgIpc) is 2.37. The van der Waals surface area contributed by atoms with E-state index in [1.54, 1.807) is 0 Å². The zero-order valence-electron chi connectivity index (χ0n) is 11.8. The summed E-state index contributed by atoms with van der Waals surface area (Å²) in [6, 6.07) is 0.0538. The summed E-state index contributed by atoms with van der Waals surface area (Å²) in [5, 5.41) is 3.00. The Balaban J connectivity index is 2.42. The number of ether oxygens (including phenoxy) is 1. The fraction of sp³-hybridized carbons (Fsp3) is 0.923. The third-order valence-corrected chi connectivity index (χ3v) is 3.28. The summed E-state index contributed by atoms with van der Waals surface area (Å²) >= 11 is 0. The van der Waals surface area contributed by atoms with Gasteiger partial charge in [-0.1, -0.05) is 20.8 Å². The highest BCUT2D eigenvalue weighted by Crippen LogP contribution is 2.07. The van der Waals surface area contributed by atoms with E-state index in [0.29, 0.717) is 25.6 Å². The first kappa shape index (κ1) is 15.4. The number of nitrogens with zero attached hydrogens (tertiary/aromatic N) is 1. The first-order valence-corrected chi connectivity index (χ1v) is 6.91. The fourth-order valence-electron chi connectivity index (χ4n) is 2.23. The minimum Gasteiger partial charge on any atom is -0.366 e. The molecule has 1 aliphatic heterocycles. The molecule has 18 heavy (non-hydrogen) atoms. The zero-order chi connectivity index (χ0) is 13.5. The van der Waals surface area contributed by atoms with Crippen LogP contribution in [0.4, 0.5) is 0 Å². The SMILES string of the molecule is CCN1CCOC(C(=O)NC(CN)CC(C)C)C1. The maximum Gasteiger partial charge on any atom is 0.250 e. The predicted molar refractivity (Wildman–Crippen MR) is 72.3 cm³/mol. The van der Waals surface area contributed by atoms with Gasteiger partial charge in [-0.2, -0.15) is 0 Å². The third-order valence-electron chi connectivity index (χ3n) is 3.28. The lowest BCUT2D eigenvalue weighted by molar-refractivity contribution is -0.139. The number of hydrogen-bond acceptors (Lipinski definition) is 4. The molecule has 0 radical (unpaired) electrons. The molecule has 5 heteroatoms. The number of carbonyl (C=O) groups excluding carboxylic acids is 1. The number of carbonyl (C=O) groups is 1. The van der Waals surface area contributed by atoms with E-state index in [2.05, 4.69) is 31.0 Å². The van der Waals surface area contributed by atoms with Crippen LogP contribution >= 0.6 is 0 Å². The molecule has 0 bridgehead atoms. The van der Waals surface area contributed by atoms with Gasteiger partial charge in [0.05, 0.1) is 6.61 Å². The van der Waals surface area contributed by atoms with Crippen molar-refractivity contribution < 1.29 is 9.53 Å². The van der Waals surface area contributed by atoms with E-state index in [0.717, 1.165) is 19.5 Å². The number of nitrogens with one attached hydrogen (secondary N) is 1. The van der Waals surface area contributed by atoms with Crippen molar-refractivity contribution in [3.8, 4) is 0 Å². The summed E-state index contributed by atoms with van der Waals surface area (Å²) in [5.41, 5.74) is 5.69. The monoisotopic (exact) mass is 257 g/mol. The highest BCUT2D eigenvalue weighted by molar-refractivity contribution is 5.81. The Bertz CT molecular complexity index is 259. The van der Waals surface area contributed by atoms with Gasteiger partial charge in [-0.3, -0.25) is 9.69 Å². The third kappa shape index (κ3) is 4.92. The predicted octanol–water partition coefficient (Wildman–Crippen LogP) is 0.197. The standard InChI is InChI=1S/C13H27N3O2/c1-4-16-5-6-18-12(9-16)13(17)15-11(8-14)7-10(2)3/h10-12H,4-9,14H2,1-3H3,(H,15,17). The molecule has 2 atom stereocenters. The maximum absolute atomic E-state index is 12.1. The van der Waals surface area contributed by atoms with Crippen molar-refractivity contribution in [1.82, 2.24) is 10.2 Å². The van der Waals surface area contributed by atoms with Crippen LogP contribution in [-0.4, -0.2) is 55.7 Å². The van der Waals surface area contributed by atoms with E-state index in [1.807, 2.05) is 0 Å². The lowest BCUT2D eigenvalue weighted by atomic mass is 10.0. The van der Waals surface area contributed by atoms with Crippen molar-refractivity contribution in [2.75, 3.05) is 32.8 Å². The first-order chi connectivity index (χ1) is 8.56. The van der Waals surface area contributed by atoms with E-state index in [4.69, 9.17) is 10.5 Å². The van der Waals surface area contributed by atoms with Crippen molar-refractivity contribution in [2.45, 2.75) is 39.3 Å². The van der Waals surface area contributed by atoms with Crippen molar-refractivity contribution in [2.24, 2.45) is 11.7 Å². The number of rotatable bonds is 6. The molecule has 5 nitrogen and oxygen atoms in total. The van der Waals surface area contributed by atoms with Crippen LogP contribution in [0.2, 0.25) is 0 Å². The van der Waals surface area contributed by atoms with Crippen LogP contribution in [-0.2, 0) is 9.53 Å². The summed E-state index contributed by atoms with van der Waals surface area (Å²) in [4.78, 5) is 14.3. The maximum atomic E-state index is 12.1. The Morgan fingerprint density at radius 3 is 2.83 bits per heavy atom. The molecule has 106 valence electrons. The van der Waals surface area contributed by atoms with Gasteiger partial charge in [0.1, 0.15) is 6.10 Å². The Labute approximate surface area is 110 Å². The summed E-state index contributed by atoms with van der Waals surface area (Å²) in [6.07, 6.45) is 0.562. The number of nitrogens with two attached hydrogens (primary N) is 1. The van der Waals surface area contributed by atoms with Crippen molar-refractivity contribution >= 4 is 5.91 Å². The molecule has 0 spiro atoms. The van der Waals surface area contributed by atoms with E-state index < -0.39 is 0 Å². The number of morpholine rings is 1. The number of likely N-dealkylation sites (N-methyl/N-ethyl adjacent to an activating group) is 1. The van der Waals surface area contributed by atoms with Crippen molar-refractivity contribution in [3.63, 3.8) is 0 Å². The van der Waals surface area contributed by atoms with E-state index in [1.165, 1.54) is 0 Å². The molecule has 1 saturated heterocycles. The van der Waals surface area contributed by atoms with Crippen LogP contribution in [0, 0.1) is 5.92 Å². The quantitative estimate of drug-likeness (QED) is 0.713. The second kappa shape index (κ2) is 7.71. The van der Waals surface area contributed by atoms with Gasteiger partial charge in [0.15, 0.2) is 0 Å². The largest absolute Gasteiger partial charge is 0.366 e. The Hall–Kier alpha value is -0.650. The minimum atomic E-state index is -0.347. The van der Waals surface area contributed by atoms with Crippen molar-refractivity contribution in [1.29, 1.82) is 0 Å². The Morgan fingerprint density at radius 1 is 1.56 bits per heavy atom. The van der Waals surface area contributed by atoms with Gasteiger partial charge in [0.2, 0.25) is 0 Å². The molecule has 1 aliphatic rings. The van der Waals surface area contributed by atoms with Crippen LogP contribution in [0.15, 0.2) is 0 Å². The number of amides is 1. The van der Waals surface area contributed by atoms with Gasteiger partial charge in [-0.25, -0.2) is 0 Å². The molecule has 0 saturated carbocycles. The van der Waals surface area contributed by atoms with E-state index in [9.17, 15) is 4.79 Å². The van der Waals surface area contributed by atoms with Gasteiger partial charge in [-0.15, -0.1) is 0 Å². The molecule has 0 aromatic heterocycles. The van der Waals surface area contributed by atoms with Crippen LogP contribution in [0.3, 0.4) is 0 Å². The molecule has 2 unspecified atom stereocenters. The van der Waals surface area contributed by atoms with Crippen LogP contribution in [0.1, 0.15) is 27.2 Å². The lowest BCUT2D eigenvalue weighted by Gasteiger charge is -2.32. The van der Waals surface area contributed by atoms with Gasteiger partial charge < -0.3 is 15.8 Å². The van der Waals surface area contributed by atoms with E-state index in [-0.39, 0.29) is 18.1 Å². The summed E-state index contributed by atoms with van der Waals surface area (Å²) in [7, 11) is 0. The van der Waals surface area contributed by atoms with E-state index >= 15 is 0 Å². The molecule has 1 amide bonds. The second-order valence-corrected chi connectivity index (χ2v) is 5.32. The lowest BCUT2D eigenvalue weighted by Crippen LogP contribution is -2.53. The van der Waals surface area contributed by atoms with Gasteiger partial charge in [0.25, 0.3) is 5.91 Å². The zero-order valence-corrected chi connectivity index (χ0v) is 11.8. The molecule has 1 heterocycles. The van der Waals surface area contributed by atoms with Gasteiger partial charge >= 0.3 is 0 Å². The van der Waals surface area contributed by atoms with Gasteiger partial charge in [-0.05, 0) is 18.9 Å². The average molecular weight is 257 g/mol. The fourth-order valence-corrected chi connectivity index (χ4v) is 2.23. The summed E-state index contributed by atoms with van der Waals surface area (Å²) in [6.45, 7) is 10.0. The normalized spacial score (nSPS) is 23.1. The summed E-state index contributed by atoms with van der Waals surface area (Å²) < 4.78 is 5.53. The smallest absolute Gasteiger partial charge is 0.250 e. The number of hydrogen-bond donors (Lipinski definition) is 2. The topological polar surface area (TPSA) is 67.6 Å². The minimum absolute atomic E-state index is 0.0238. The molecular weight excluding hydrogens is 230 g/mol. The van der Waals surface area contributed by atoms with Crippen LogP contribution in [0.25, 0.3) is 0 Å². The molecular formula is C13H27N3O2. The Morgan fingerprint density at radius 2 is 2.28 bits per heavy atom. The highest BCUT2D eigenvalue weighted by Gasteiger charge is 2.27. The molecule has 1 fully saturated rings. The molecule has 3 N–H and O–H groups in total. The second-order valence-electron chi connectivity index (χ2n) is 5.32. The van der Waals surface area contributed by atoms with Crippen LogP contribution in [0.5, 0.6) is 0 Å². The molecule has 1 rings (SSSR count). The first-order valence-electron chi connectivity index (χ1n) is 6.91. The molecule has 0 aromatic carbocycles. The molecule has 0 aliphatic carbocycles. The van der Waals surface area contributed by atoms with Crippen molar-refractivity contribution in [3.05, 3.63) is 0 Å². The van der Waals surface area contributed by atoms with Gasteiger partial charge in [0, 0.05) is 25.7 Å². The summed E-state index contributed by atoms with van der Waals surface area (Å²) in [5.74, 6) is 0.502. The Kier molecular flexibility index (Phi) is 6.60. The highest BCUT2D eigenvalue weighted by atomic mass is 16.5.